The highest BCUT2D eigenvalue weighted by molar-refractivity contribution is 5.75. The van der Waals surface area contributed by atoms with Crippen LogP contribution in [0.4, 0.5) is 10.2 Å². The molecule has 0 saturated heterocycles. The van der Waals surface area contributed by atoms with E-state index in [1.165, 1.54) is 6.07 Å². The van der Waals surface area contributed by atoms with E-state index in [2.05, 4.69) is 22.0 Å². The minimum absolute atomic E-state index is 0.0909. The molecule has 30 heavy (non-hydrogen) atoms. The molecule has 0 aromatic carbocycles. The first-order valence-electron chi connectivity index (χ1n) is 9.65. The lowest BCUT2D eigenvalue weighted by Gasteiger charge is -2.24. The van der Waals surface area contributed by atoms with E-state index in [9.17, 15) is 9.50 Å². The number of ether oxygens (including phenoxy) is 2. The number of nitrogens with zero attached hydrogens (tertiary/aromatic N) is 5. The number of aromatic nitrogens is 4. The Hall–Kier alpha value is -3.40. The van der Waals surface area contributed by atoms with Crippen molar-refractivity contribution < 1.29 is 19.0 Å². The minimum Gasteiger partial charge on any atom is -0.485 e. The molecule has 3 aromatic rings. The number of halogens is 1. The molecule has 0 amide bonds. The van der Waals surface area contributed by atoms with E-state index in [0.717, 1.165) is 11.8 Å². The van der Waals surface area contributed by atoms with Gasteiger partial charge in [-0.2, -0.15) is 5.10 Å². The van der Waals surface area contributed by atoms with Gasteiger partial charge < -0.3 is 24.8 Å². The van der Waals surface area contributed by atoms with Gasteiger partial charge in [0.2, 0.25) is 5.88 Å². The molecule has 3 aromatic heterocycles. The van der Waals surface area contributed by atoms with Crippen molar-refractivity contribution in [2.45, 2.75) is 25.6 Å². The molecule has 5 rings (SSSR count). The van der Waals surface area contributed by atoms with Crippen molar-refractivity contribution in [3.05, 3.63) is 48.2 Å². The zero-order valence-corrected chi connectivity index (χ0v) is 16.4. The quantitative estimate of drug-likeness (QED) is 0.572. The normalized spacial score (nSPS) is 21.4. The number of pyridine rings is 1. The van der Waals surface area contributed by atoms with E-state index < -0.39 is 11.9 Å². The fraction of sp³-hybridized carbons (Fsp3) is 0.350. The van der Waals surface area contributed by atoms with Crippen LogP contribution in [-0.2, 0) is 6.54 Å². The van der Waals surface area contributed by atoms with E-state index in [1.54, 1.807) is 16.9 Å². The fourth-order valence-corrected chi connectivity index (χ4v) is 3.68. The standard InChI is InChI=1S/C20H21FN6O3/c1-11-9-30-20-13(3-14(21)4-22-20)6-26-7-15(28)10-29-17-8-27-18(25-19(17)26)16(5-23-27)12(2)24-11/h3-5,8,11,15,24,28H,2,6-7,9-10H2,1H3/t11-,15+/m1/s1. The van der Waals surface area contributed by atoms with Crippen LogP contribution in [0.15, 0.2) is 31.2 Å². The summed E-state index contributed by atoms with van der Waals surface area (Å²) in [5.41, 5.74) is 2.55. The van der Waals surface area contributed by atoms with E-state index >= 15 is 0 Å². The first-order valence-corrected chi connectivity index (χ1v) is 9.65. The van der Waals surface area contributed by atoms with Gasteiger partial charge in [0.15, 0.2) is 17.2 Å². The second-order valence-corrected chi connectivity index (χ2v) is 7.55. The topological polar surface area (TPSA) is 97.0 Å². The molecule has 0 radical (unpaired) electrons. The molecule has 2 atom stereocenters. The SMILES string of the molecule is C=C1N[C@H](C)COc2ncc(F)cc2CN2C[C@H](O)COc3cn4ncc1c4nc32. The van der Waals surface area contributed by atoms with Crippen LogP contribution in [-0.4, -0.2) is 56.6 Å². The van der Waals surface area contributed by atoms with Gasteiger partial charge in [0.1, 0.15) is 25.1 Å². The molecule has 10 heteroatoms. The van der Waals surface area contributed by atoms with Gasteiger partial charge in [-0.3, -0.25) is 0 Å². The Morgan fingerprint density at radius 2 is 2.17 bits per heavy atom. The van der Waals surface area contributed by atoms with Gasteiger partial charge in [0.05, 0.1) is 36.7 Å². The number of hydrogen-bond donors (Lipinski definition) is 2. The summed E-state index contributed by atoms with van der Waals surface area (Å²) in [6.45, 7) is 6.98. The number of rotatable bonds is 0. The van der Waals surface area contributed by atoms with Gasteiger partial charge in [-0.05, 0) is 13.0 Å². The number of aliphatic hydroxyl groups excluding tert-OH is 1. The Morgan fingerprint density at radius 3 is 3.03 bits per heavy atom. The monoisotopic (exact) mass is 412 g/mol. The number of anilines is 1. The highest BCUT2D eigenvalue weighted by Gasteiger charge is 2.27. The third-order valence-corrected chi connectivity index (χ3v) is 5.07. The Kier molecular flexibility index (Phi) is 4.43. The molecule has 2 aliphatic rings. The molecule has 156 valence electrons. The molecule has 0 fully saturated rings. The lowest BCUT2D eigenvalue weighted by atomic mass is 10.2. The van der Waals surface area contributed by atoms with Gasteiger partial charge in [-0.15, -0.1) is 0 Å². The Labute approximate surface area is 171 Å². The van der Waals surface area contributed by atoms with Crippen LogP contribution >= 0.6 is 0 Å². The van der Waals surface area contributed by atoms with Crippen LogP contribution < -0.4 is 19.7 Å². The summed E-state index contributed by atoms with van der Waals surface area (Å²) in [6.07, 6.45) is 3.80. The summed E-state index contributed by atoms with van der Waals surface area (Å²) in [7, 11) is 0. The van der Waals surface area contributed by atoms with Crippen molar-refractivity contribution in [1.29, 1.82) is 0 Å². The molecule has 2 bridgehead atoms. The number of fused-ring (bicyclic) bond motifs is 1. The predicted molar refractivity (Wildman–Crippen MR) is 107 cm³/mol. The largest absolute Gasteiger partial charge is 0.485 e. The fourth-order valence-electron chi connectivity index (χ4n) is 3.68. The highest BCUT2D eigenvalue weighted by atomic mass is 19.1. The molecular weight excluding hydrogens is 391 g/mol. The number of nitrogens with one attached hydrogen (secondary N) is 1. The predicted octanol–water partition coefficient (Wildman–Crippen LogP) is 1.36. The molecule has 0 saturated carbocycles. The van der Waals surface area contributed by atoms with E-state index in [4.69, 9.17) is 14.5 Å². The van der Waals surface area contributed by atoms with Gasteiger partial charge in [-0.25, -0.2) is 18.9 Å². The van der Waals surface area contributed by atoms with E-state index in [1.807, 2.05) is 11.8 Å². The van der Waals surface area contributed by atoms with Crippen LogP contribution in [0.5, 0.6) is 11.6 Å². The van der Waals surface area contributed by atoms with Crippen molar-refractivity contribution in [2.24, 2.45) is 0 Å². The summed E-state index contributed by atoms with van der Waals surface area (Å²) in [5.74, 6) is 0.869. The minimum atomic E-state index is -0.746. The summed E-state index contributed by atoms with van der Waals surface area (Å²) in [5, 5.41) is 18.0. The molecular formula is C20H21FN6O3. The third-order valence-electron chi connectivity index (χ3n) is 5.07. The first-order chi connectivity index (χ1) is 14.5. The van der Waals surface area contributed by atoms with Gasteiger partial charge >= 0.3 is 0 Å². The van der Waals surface area contributed by atoms with Gasteiger partial charge in [0, 0.05) is 17.8 Å². The maximum absolute atomic E-state index is 14.0. The van der Waals surface area contributed by atoms with Crippen LogP contribution in [0.3, 0.4) is 0 Å². The summed E-state index contributed by atoms with van der Waals surface area (Å²) >= 11 is 0. The molecule has 2 N–H and O–H groups in total. The molecule has 0 aliphatic carbocycles. The maximum atomic E-state index is 14.0. The van der Waals surface area contributed by atoms with Crippen LogP contribution in [0.1, 0.15) is 18.1 Å². The second kappa shape index (κ2) is 7.13. The van der Waals surface area contributed by atoms with Crippen molar-refractivity contribution in [1.82, 2.24) is 24.9 Å². The van der Waals surface area contributed by atoms with Crippen LogP contribution in [0, 0.1) is 5.82 Å². The smallest absolute Gasteiger partial charge is 0.218 e. The summed E-state index contributed by atoms with van der Waals surface area (Å²) < 4.78 is 27.3. The van der Waals surface area contributed by atoms with Crippen molar-refractivity contribution in [3.63, 3.8) is 0 Å². The maximum Gasteiger partial charge on any atom is 0.218 e. The van der Waals surface area contributed by atoms with Gasteiger partial charge in [0.25, 0.3) is 0 Å². The number of hydrogen-bond acceptors (Lipinski definition) is 8. The molecule has 0 spiro atoms. The Bertz CT molecular complexity index is 1130. The first kappa shape index (κ1) is 18.6. The Morgan fingerprint density at radius 1 is 1.30 bits per heavy atom. The highest BCUT2D eigenvalue weighted by Crippen LogP contribution is 2.33. The number of aliphatic hydroxyl groups is 1. The molecule has 0 unspecified atom stereocenters. The average Bonchev–Trinajstić information content (AvgIpc) is 3.06. The Balaban J connectivity index is 1.70. The summed E-state index contributed by atoms with van der Waals surface area (Å²) in [4.78, 5) is 10.7. The molecule has 2 aliphatic heterocycles. The third kappa shape index (κ3) is 3.28. The van der Waals surface area contributed by atoms with Crippen LogP contribution in [0.25, 0.3) is 11.3 Å². The lowest BCUT2D eigenvalue weighted by molar-refractivity contribution is 0.118. The zero-order chi connectivity index (χ0) is 20.8. The van der Waals surface area contributed by atoms with E-state index in [-0.39, 0.29) is 25.7 Å². The van der Waals surface area contributed by atoms with Crippen molar-refractivity contribution in [3.8, 4) is 11.6 Å². The zero-order valence-electron chi connectivity index (χ0n) is 16.4. The van der Waals surface area contributed by atoms with Crippen molar-refractivity contribution >= 4 is 17.2 Å². The van der Waals surface area contributed by atoms with E-state index in [0.29, 0.717) is 41.0 Å². The second-order valence-electron chi connectivity index (χ2n) is 7.55. The van der Waals surface area contributed by atoms with Gasteiger partial charge in [-0.1, -0.05) is 6.58 Å². The molecule has 9 nitrogen and oxygen atoms in total. The lowest BCUT2D eigenvalue weighted by Crippen LogP contribution is -2.33. The van der Waals surface area contributed by atoms with Crippen molar-refractivity contribution in [2.75, 3.05) is 24.7 Å². The average molecular weight is 412 g/mol. The van der Waals surface area contributed by atoms with Crippen LogP contribution in [0.2, 0.25) is 0 Å². The summed E-state index contributed by atoms with van der Waals surface area (Å²) in [6, 6.07) is 1.30. The molecule has 5 heterocycles.